The van der Waals surface area contributed by atoms with Crippen LogP contribution in [0.5, 0.6) is 0 Å². The van der Waals surface area contributed by atoms with Gasteiger partial charge in [-0.05, 0) is 44.9 Å². The molecule has 0 saturated carbocycles. The summed E-state index contributed by atoms with van der Waals surface area (Å²) >= 11 is 1.91. The van der Waals surface area contributed by atoms with Crippen LogP contribution in [0.15, 0.2) is 0 Å². The molecule has 0 bridgehead atoms. The largest absolute Gasteiger partial charge is 0.344 e. The zero-order valence-corrected chi connectivity index (χ0v) is 17.2. The van der Waals surface area contributed by atoms with E-state index in [1.165, 1.54) is 0 Å². The van der Waals surface area contributed by atoms with Crippen molar-refractivity contribution in [1.82, 2.24) is 10.2 Å². The van der Waals surface area contributed by atoms with Crippen LogP contribution < -0.4 is 5.32 Å². The van der Waals surface area contributed by atoms with Crippen LogP contribution in [0.3, 0.4) is 0 Å². The molecule has 1 N–H and O–H groups in total. The summed E-state index contributed by atoms with van der Waals surface area (Å²) < 4.78 is 0.0418. The van der Waals surface area contributed by atoms with Gasteiger partial charge in [0.1, 0.15) is 6.04 Å². The maximum atomic E-state index is 13.4. The normalized spacial score (nSPS) is 40.0. The summed E-state index contributed by atoms with van der Waals surface area (Å²) in [6.45, 7) is 17.1. The molecule has 0 aromatic carbocycles. The summed E-state index contributed by atoms with van der Waals surface area (Å²) in [5.41, 5.74) is 0. The van der Waals surface area contributed by atoms with Crippen molar-refractivity contribution in [3.8, 4) is 0 Å². The molecule has 0 aliphatic carbocycles. The van der Waals surface area contributed by atoms with Crippen LogP contribution in [0.1, 0.15) is 61.8 Å². The number of amides is 2. The third kappa shape index (κ3) is 3.21. The Balaban J connectivity index is 2.35. The molecule has 7 atom stereocenters. The van der Waals surface area contributed by atoms with Crippen molar-refractivity contribution in [3.05, 3.63) is 0 Å². The predicted molar refractivity (Wildman–Crippen MR) is 101 cm³/mol. The van der Waals surface area contributed by atoms with Crippen molar-refractivity contribution in [1.29, 1.82) is 0 Å². The summed E-state index contributed by atoms with van der Waals surface area (Å²) in [7, 11) is 0. The molecule has 5 heteroatoms. The van der Waals surface area contributed by atoms with Gasteiger partial charge in [0.2, 0.25) is 11.8 Å². The van der Waals surface area contributed by atoms with E-state index in [0.717, 1.165) is 6.42 Å². The fourth-order valence-electron chi connectivity index (χ4n) is 3.80. The summed E-state index contributed by atoms with van der Waals surface area (Å²) in [4.78, 5) is 27.9. The molecule has 138 valence electrons. The Hall–Kier alpha value is -0.710. The molecule has 2 aliphatic heterocycles. The second-order valence-electron chi connectivity index (χ2n) is 8.41. The molecule has 4 nitrogen and oxygen atoms in total. The Morgan fingerprint density at radius 2 is 1.79 bits per heavy atom. The first-order valence-corrected chi connectivity index (χ1v) is 10.2. The maximum absolute atomic E-state index is 13.4. The van der Waals surface area contributed by atoms with Crippen molar-refractivity contribution < 1.29 is 9.59 Å². The average Bonchev–Trinajstić information content (AvgIpc) is 2.75. The van der Waals surface area contributed by atoms with E-state index in [2.05, 4.69) is 51.8 Å². The van der Waals surface area contributed by atoms with E-state index < -0.39 is 6.04 Å². The van der Waals surface area contributed by atoms with Crippen molar-refractivity contribution in [3.63, 3.8) is 0 Å². The minimum absolute atomic E-state index is 0.000216. The van der Waals surface area contributed by atoms with E-state index in [0.29, 0.717) is 11.8 Å². The smallest absolute Gasteiger partial charge is 0.246 e. The van der Waals surface area contributed by atoms with Gasteiger partial charge in [0.05, 0.1) is 5.37 Å². The van der Waals surface area contributed by atoms with Gasteiger partial charge in [0.25, 0.3) is 0 Å². The number of hydrogen-bond acceptors (Lipinski definition) is 3. The highest BCUT2D eigenvalue weighted by atomic mass is 32.2. The van der Waals surface area contributed by atoms with Gasteiger partial charge in [-0.15, -0.1) is 11.8 Å². The highest BCUT2D eigenvalue weighted by Gasteiger charge is 2.54. The Morgan fingerprint density at radius 3 is 2.33 bits per heavy atom. The van der Waals surface area contributed by atoms with Gasteiger partial charge in [-0.25, -0.2) is 0 Å². The van der Waals surface area contributed by atoms with Crippen LogP contribution in [0.25, 0.3) is 0 Å². The standard InChI is InChI=1S/C19H34N2O2S/c1-9-10(2)16(22)20-15-12(4)11(3)13(5)18-21(17(15)23)14(6)19(7,8)24-18/h10-15,18H,9H2,1-8H3,(H,20,22). The average molecular weight is 355 g/mol. The molecule has 2 rings (SSSR count). The number of rotatable bonds is 3. The molecule has 0 aromatic heterocycles. The highest BCUT2D eigenvalue weighted by Crippen LogP contribution is 2.51. The van der Waals surface area contributed by atoms with Crippen LogP contribution in [0.4, 0.5) is 0 Å². The molecule has 2 heterocycles. The van der Waals surface area contributed by atoms with E-state index >= 15 is 0 Å². The molecule has 2 aliphatic rings. The lowest BCUT2D eigenvalue weighted by molar-refractivity contribution is -0.140. The van der Waals surface area contributed by atoms with E-state index in [1.54, 1.807) is 0 Å². The van der Waals surface area contributed by atoms with Crippen molar-refractivity contribution in [2.24, 2.45) is 23.7 Å². The minimum atomic E-state index is -0.411. The van der Waals surface area contributed by atoms with Crippen LogP contribution >= 0.6 is 11.8 Å². The Kier molecular flexibility index (Phi) is 5.63. The number of thioether (sulfide) groups is 1. The molecule has 2 amide bonds. The van der Waals surface area contributed by atoms with Crippen molar-refractivity contribution in [2.75, 3.05) is 0 Å². The van der Waals surface area contributed by atoms with Crippen LogP contribution in [0.2, 0.25) is 0 Å². The fraction of sp³-hybridized carbons (Fsp3) is 0.895. The molecule has 0 aromatic rings. The van der Waals surface area contributed by atoms with E-state index in [4.69, 9.17) is 0 Å². The molecular weight excluding hydrogens is 320 g/mol. The highest BCUT2D eigenvalue weighted by molar-refractivity contribution is 8.01. The Bertz CT molecular complexity index is 508. The quantitative estimate of drug-likeness (QED) is 0.844. The molecule has 0 radical (unpaired) electrons. The van der Waals surface area contributed by atoms with Gasteiger partial charge in [0, 0.05) is 16.7 Å². The lowest BCUT2D eigenvalue weighted by Crippen LogP contribution is -2.55. The number of carbonyl (C=O) groups is 2. The molecule has 2 saturated heterocycles. The van der Waals surface area contributed by atoms with E-state index in [1.807, 2.05) is 25.6 Å². The number of nitrogens with zero attached hydrogens (tertiary/aromatic N) is 1. The third-order valence-electron chi connectivity index (χ3n) is 6.63. The molecular formula is C19H34N2O2S. The van der Waals surface area contributed by atoms with Gasteiger partial charge in [-0.1, -0.05) is 34.6 Å². The van der Waals surface area contributed by atoms with Crippen LogP contribution in [-0.4, -0.2) is 38.9 Å². The van der Waals surface area contributed by atoms with Gasteiger partial charge >= 0.3 is 0 Å². The summed E-state index contributed by atoms with van der Waals surface area (Å²) in [5, 5.41) is 3.28. The van der Waals surface area contributed by atoms with Crippen molar-refractivity contribution in [2.45, 2.75) is 84.0 Å². The Labute approximate surface area is 151 Å². The van der Waals surface area contributed by atoms with Gasteiger partial charge in [0.15, 0.2) is 0 Å². The van der Waals surface area contributed by atoms with Crippen molar-refractivity contribution >= 4 is 23.6 Å². The SMILES string of the molecule is CCC(C)C(=O)NC1C(=O)N2C(SC(C)(C)C2C)C(C)C(C)C1C. The number of hydrogen-bond donors (Lipinski definition) is 1. The summed E-state index contributed by atoms with van der Waals surface area (Å²) in [6, 6.07) is -0.242. The first kappa shape index (κ1) is 19.6. The molecule has 0 spiro atoms. The van der Waals surface area contributed by atoms with Crippen LogP contribution in [-0.2, 0) is 9.59 Å². The zero-order chi connectivity index (χ0) is 18.4. The molecule has 24 heavy (non-hydrogen) atoms. The van der Waals surface area contributed by atoms with Gasteiger partial charge < -0.3 is 10.2 Å². The first-order valence-electron chi connectivity index (χ1n) is 9.33. The number of nitrogens with one attached hydrogen (secondary N) is 1. The molecule has 7 unspecified atom stereocenters. The lowest BCUT2D eigenvalue weighted by Gasteiger charge is -2.33. The van der Waals surface area contributed by atoms with E-state index in [9.17, 15) is 9.59 Å². The summed E-state index contributed by atoms with van der Waals surface area (Å²) in [5.74, 6) is 0.967. The van der Waals surface area contributed by atoms with Gasteiger partial charge in [-0.2, -0.15) is 0 Å². The Morgan fingerprint density at radius 1 is 1.21 bits per heavy atom. The fourth-order valence-corrected chi connectivity index (χ4v) is 5.60. The zero-order valence-electron chi connectivity index (χ0n) is 16.4. The summed E-state index contributed by atoms with van der Waals surface area (Å²) in [6.07, 6.45) is 0.790. The third-order valence-corrected chi connectivity index (χ3v) is 8.48. The number of carbonyl (C=O) groups excluding carboxylic acids is 2. The topological polar surface area (TPSA) is 49.4 Å². The minimum Gasteiger partial charge on any atom is -0.344 e. The second kappa shape index (κ2) is 6.89. The first-order chi connectivity index (χ1) is 11.0. The maximum Gasteiger partial charge on any atom is 0.246 e. The predicted octanol–water partition coefficient (Wildman–Crippen LogP) is 3.51. The van der Waals surface area contributed by atoms with Gasteiger partial charge in [-0.3, -0.25) is 9.59 Å². The lowest BCUT2D eigenvalue weighted by atomic mass is 9.81. The monoisotopic (exact) mass is 354 g/mol. The number of fused-ring (bicyclic) bond motifs is 1. The molecule has 2 fully saturated rings. The van der Waals surface area contributed by atoms with E-state index in [-0.39, 0.29) is 39.8 Å². The second-order valence-corrected chi connectivity index (χ2v) is 10.2. The van der Waals surface area contributed by atoms with Crippen LogP contribution in [0, 0.1) is 23.7 Å².